The number of morpholine rings is 1. The van der Waals surface area contributed by atoms with Crippen LogP contribution < -0.4 is 10.6 Å². The van der Waals surface area contributed by atoms with E-state index in [9.17, 15) is 0 Å². The topological polar surface area (TPSA) is 48.9 Å². The number of hydrogen-bond donors (Lipinski definition) is 2. The van der Waals surface area contributed by atoms with Crippen molar-refractivity contribution in [3.63, 3.8) is 0 Å². The summed E-state index contributed by atoms with van der Waals surface area (Å²) in [5.41, 5.74) is 0. The zero-order valence-electron chi connectivity index (χ0n) is 13.7. The molecular weight excluding hydrogens is 391 g/mol. The van der Waals surface area contributed by atoms with E-state index < -0.39 is 0 Å². The Labute approximate surface area is 151 Å². The van der Waals surface area contributed by atoms with Gasteiger partial charge in [-0.1, -0.05) is 19.3 Å². The highest BCUT2D eigenvalue weighted by Crippen LogP contribution is 2.22. The second-order valence-electron chi connectivity index (χ2n) is 6.68. The van der Waals surface area contributed by atoms with Crippen LogP contribution in [0, 0.1) is 0 Å². The number of fused-ring (bicyclic) bond motifs is 1. The summed E-state index contributed by atoms with van der Waals surface area (Å²) in [6, 6.07) is 1.28. The third-order valence-corrected chi connectivity index (χ3v) is 5.13. The summed E-state index contributed by atoms with van der Waals surface area (Å²) >= 11 is 0. The Morgan fingerprint density at radius 3 is 2.77 bits per heavy atom. The molecule has 2 aliphatic heterocycles. The predicted molar refractivity (Wildman–Crippen MR) is 101 cm³/mol. The van der Waals surface area contributed by atoms with Gasteiger partial charge in [0.25, 0.3) is 0 Å². The van der Waals surface area contributed by atoms with E-state index in [4.69, 9.17) is 4.74 Å². The van der Waals surface area contributed by atoms with Crippen molar-refractivity contribution in [3.8, 4) is 0 Å². The highest BCUT2D eigenvalue weighted by molar-refractivity contribution is 14.0. The lowest BCUT2D eigenvalue weighted by Gasteiger charge is -2.35. The summed E-state index contributed by atoms with van der Waals surface area (Å²) < 4.78 is 5.99. The molecule has 2 unspecified atom stereocenters. The Kier molecular flexibility index (Phi) is 7.70. The van der Waals surface area contributed by atoms with Crippen LogP contribution in [0.2, 0.25) is 0 Å². The van der Waals surface area contributed by atoms with E-state index in [1.807, 2.05) is 7.05 Å². The Morgan fingerprint density at radius 2 is 2.00 bits per heavy atom. The van der Waals surface area contributed by atoms with Gasteiger partial charge in [0.2, 0.25) is 0 Å². The Balaban J connectivity index is 0.00000176. The summed E-state index contributed by atoms with van der Waals surface area (Å²) in [5, 5.41) is 7.01. The molecule has 0 aromatic carbocycles. The molecule has 22 heavy (non-hydrogen) atoms. The molecule has 3 rings (SSSR count). The van der Waals surface area contributed by atoms with Gasteiger partial charge < -0.3 is 15.4 Å². The molecule has 6 heteroatoms. The fourth-order valence-corrected chi connectivity index (χ4v) is 3.85. The van der Waals surface area contributed by atoms with Gasteiger partial charge in [0, 0.05) is 32.2 Å². The fraction of sp³-hybridized carbons (Fsp3) is 0.938. The van der Waals surface area contributed by atoms with Crippen molar-refractivity contribution in [1.82, 2.24) is 15.5 Å². The van der Waals surface area contributed by atoms with Gasteiger partial charge >= 0.3 is 0 Å². The zero-order chi connectivity index (χ0) is 14.5. The van der Waals surface area contributed by atoms with E-state index in [0.717, 1.165) is 25.7 Å². The van der Waals surface area contributed by atoms with E-state index in [2.05, 4.69) is 20.5 Å². The average molecular weight is 422 g/mol. The van der Waals surface area contributed by atoms with Crippen LogP contribution >= 0.6 is 24.0 Å². The third-order valence-electron chi connectivity index (χ3n) is 5.13. The number of halogens is 1. The molecule has 0 bridgehead atoms. The Morgan fingerprint density at radius 1 is 1.18 bits per heavy atom. The van der Waals surface area contributed by atoms with E-state index in [1.54, 1.807) is 0 Å². The minimum atomic E-state index is 0. The van der Waals surface area contributed by atoms with Gasteiger partial charge in [0.05, 0.1) is 12.7 Å². The van der Waals surface area contributed by atoms with Gasteiger partial charge in [-0.05, 0) is 32.2 Å². The summed E-state index contributed by atoms with van der Waals surface area (Å²) in [7, 11) is 1.86. The first-order valence-corrected chi connectivity index (χ1v) is 8.68. The lowest BCUT2D eigenvalue weighted by Crippen LogP contribution is -2.52. The summed E-state index contributed by atoms with van der Waals surface area (Å²) in [6.07, 6.45) is 9.56. The maximum absolute atomic E-state index is 5.99. The lowest BCUT2D eigenvalue weighted by atomic mass is 9.96. The highest BCUT2D eigenvalue weighted by Gasteiger charge is 2.32. The molecule has 128 valence electrons. The van der Waals surface area contributed by atoms with Gasteiger partial charge in [-0.15, -0.1) is 24.0 Å². The molecule has 0 spiro atoms. The van der Waals surface area contributed by atoms with Crippen LogP contribution in [0.4, 0.5) is 0 Å². The standard InChI is InChI=1S/C16H30N4O.HI/c1-17-16(19-13-6-3-2-4-7-13)18-10-15-11-20-9-5-8-14(20)12-21-15;/h13-15H,2-12H2,1H3,(H2,17,18,19);1H. The van der Waals surface area contributed by atoms with Crippen molar-refractivity contribution in [2.45, 2.75) is 63.1 Å². The van der Waals surface area contributed by atoms with E-state index in [0.29, 0.717) is 18.2 Å². The van der Waals surface area contributed by atoms with Gasteiger partial charge in [-0.25, -0.2) is 0 Å². The fourth-order valence-electron chi connectivity index (χ4n) is 3.85. The van der Waals surface area contributed by atoms with Crippen molar-refractivity contribution >= 4 is 29.9 Å². The van der Waals surface area contributed by atoms with Gasteiger partial charge in [-0.2, -0.15) is 0 Å². The normalized spacial score (nSPS) is 30.5. The molecule has 1 saturated carbocycles. The molecule has 2 saturated heterocycles. The molecule has 2 heterocycles. The third kappa shape index (κ3) is 4.96. The molecule has 0 radical (unpaired) electrons. The molecule has 0 aromatic heterocycles. The number of hydrogen-bond acceptors (Lipinski definition) is 3. The van der Waals surface area contributed by atoms with Crippen LogP contribution in [0.15, 0.2) is 4.99 Å². The number of rotatable bonds is 3. The van der Waals surface area contributed by atoms with Gasteiger partial charge in [-0.3, -0.25) is 9.89 Å². The first-order valence-electron chi connectivity index (χ1n) is 8.68. The molecule has 0 aromatic rings. The summed E-state index contributed by atoms with van der Waals surface area (Å²) in [6.45, 7) is 4.08. The molecule has 3 fully saturated rings. The Bertz CT molecular complexity index is 360. The number of guanidine groups is 1. The molecule has 1 aliphatic carbocycles. The minimum Gasteiger partial charge on any atom is -0.373 e. The largest absolute Gasteiger partial charge is 0.373 e. The first-order chi connectivity index (χ1) is 10.3. The lowest BCUT2D eigenvalue weighted by molar-refractivity contribution is -0.0453. The van der Waals surface area contributed by atoms with E-state index in [-0.39, 0.29) is 24.0 Å². The second kappa shape index (κ2) is 9.27. The molecular formula is C16H31IN4O. The van der Waals surface area contributed by atoms with Crippen LogP contribution in [0.5, 0.6) is 0 Å². The first kappa shape index (κ1) is 18.3. The molecule has 5 nitrogen and oxygen atoms in total. The van der Waals surface area contributed by atoms with Crippen molar-refractivity contribution in [2.24, 2.45) is 4.99 Å². The smallest absolute Gasteiger partial charge is 0.191 e. The van der Waals surface area contributed by atoms with Crippen LogP contribution in [-0.2, 0) is 4.74 Å². The molecule has 0 amide bonds. The highest BCUT2D eigenvalue weighted by atomic mass is 127. The SMILES string of the molecule is CN=C(NCC1CN2CCCC2CO1)NC1CCCCC1.I. The van der Waals surface area contributed by atoms with Crippen LogP contribution in [0.3, 0.4) is 0 Å². The Hall–Kier alpha value is -0.0800. The maximum atomic E-state index is 5.99. The summed E-state index contributed by atoms with van der Waals surface area (Å²) in [4.78, 5) is 6.95. The number of ether oxygens (including phenoxy) is 1. The monoisotopic (exact) mass is 422 g/mol. The summed E-state index contributed by atoms with van der Waals surface area (Å²) in [5.74, 6) is 0.939. The van der Waals surface area contributed by atoms with Crippen molar-refractivity contribution in [3.05, 3.63) is 0 Å². The van der Waals surface area contributed by atoms with Gasteiger partial charge in [0.15, 0.2) is 5.96 Å². The number of nitrogens with zero attached hydrogens (tertiary/aromatic N) is 2. The van der Waals surface area contributed by atoms with Crippen molar-refractivity contribution in [1.29, 1.82) is 0 Å². The minimum absolute atomic E-state index is 0. The van der Waals surface area contributed by atoms with Crippen LogP contribution in [-0.4, -0.2) is 62.3 Å². The van der Waals surface area contributed by atoms with Crippen molar-refractivity contribution in [2.75, 3.05) is 33.3 Å². The van der Waals surface area contributed by atoms with Crippen LogP contribution in [0.1, 0.15) is 44.9 Å². The second-order valence-corrected chi connectivity index (χ2v) is 6.68. The predicted octanol–water partition coefficient (Wildman–Crippen LogP) is 1.97. The molecule has 3 aliphatic rings. The molecule has 2 N–H and O–H groups in total. The zero-order valence-corrected chi connectivity index (χ0v) is 16.1. The van der Waals surface area contributed by atoms with Crippen molar-refractivity contribution < 1.29 is 4.74 Å². The average Bonchev–Trinajstić information content (AvgIpc) is 3.00. The number of nitrogens with one attached hydrogen (secondary N) is 2. The number of aliphatic imine (C=N–C) groups is 1. The maximum Gasteiger partial charge on any atom is 0.191 e. The van der Waals surface area contributed by atoms with E-state index >= 15 is 0 Å². The molecule has 2 atom stereocenters. The van der Waals surface area contributed by atoms with Crippen LogP contribution in [0.25, 0.3) is 0 Å². The quantitative estimate of drug-likeness (QED) is 0.415. The van der Waals surface area contributed by atoms with E-state index in [1.165, 1.54) is 51.5 Å². The van der Waals surface area contributed by atoms with Gasteiger partial charge in [0.1, 0.15) is 0 Å².